The fourth-order valence-corrected chi connectivity index (χ4v) is 2.73. The van der Waals surface area contributed by atoms with Gasteiger partial charge in [0.15, 0.2) is 24.2 Å². The maximum atomic E-state index is 11.4. The van der Waals surface area contributed by atoms with E-state index >= 15 is 0 Å². The number of carbonyl (C=O) groups is 1. The van der Waals surface area contributed by atoms with Gasteiger partial charge in [0.1, 0.15) is 6.10 Å². The predicted molar refractivity (Wildman–Crippen MR) is 95.5 cm³/mol. The van der Waals surface area contributed by atoms with E-state index in [1.807, 2.05) is 0 Å². The standard InChI is InChI=1S/C18H23NO8/c1-18(2,16(23-3)13(9-20)26-17(19)22)25-10-24-12-6-4-5-11-7-8-14(21)27-15(11)12/h4-8,13,16,20H,9-10H2,1-3H3,(H2,19,22). The van der Waals surface area contributed by atoms with Crippen LogP contribution in [0.1, 0.15) is 13.8 Å². The normalized spacial score (nSPS) is 13.9. The summed E-state index contributed by atoms with van der Waals surface area (Å²) >= 11 is 0. The van der Waals surface area contributed by atoms with Crippen LogP contribution in [0, 0.1) is 0 Å². The SMILES string of the molecule is COC(C(CO)OC(N)=O)C(C)(C)OCOc1cccc2ccc(=O)oc12. The van der Waals surface area contributed by atoms with Gasteiger partial charge in [0.05, 0.1) is 12.2 Å². The average molecular weight is 381 g/mol. The Bertz CT molecular complexity index is 831. The number of ether oxygens (including phenoxy) is 4. The molecule has 1 amide bonds. The van der Waals surface area contributed by atoms with E-state index in [9.17, 15) is 14.7 Å². The van der Waals surface area contributed by atoms with Crippen molar-refractivity contribution in [1.29, 1.82) is 0 Å². The lowest BCUT2D eigenvalue weighted by molar-refractivity contribution is -0.183. The summed E-state index contributed by atoms with van der Waals surface area (Å²) in [6, 6.07) is 8.13. The Morgan fingerprint density at radius 2 is 2.04 bits per heavy atom. The molecule has 0 fully saturated rings. The van der Waals surface area contributed by atoms with Gasteiger partial charge in [-0.2, -0.15) is 0 Å². The zero-order valence-electron chi connectivity index (χ0n) is 15.3. The zero-order valence-corrected chi connectivity index (χ0v) is 15.3. The van der Waals surface area contributed by atoms with Crippen molar-refractivity contribution in [3.8, 4) is 5.75 Å². The number of nitrogens with two attached hydrogens (primary N) is 1. The number of aliphatic hydroxyl groups is 1. The molecule has 0 aliphatic heterocycles. The van der Waals surface area contributed by atoms with Crippen molar-refractivity contribution in [1.82, 2.24) is 0 Å². The van der Waals surface area contributed by atoms with Gasteiger partial charge in [-0.1, -0.05) is 12.1 Å². The van der Waals surface area contributed by atoms with Crippen LogP contribution < -0.4 is 16.1 Å². The lowest BCUT2D eigenvalue weighted by Gasteiger charge is -2.36. The molecule has 0 bridgehead atoms. The Labute approximate surface area is 155 Å². The minimum Gasteiger partial charge on any atom is -0.464 e. The van der Waals surface area contributed by atoms with E-state index in [0.717, 1.165) is 0 Å². The molecule has 0 aliphatic rings. The molecule has 1 aromatic carbocycles. The van der Waals surface area contributed by atoms with Crippen LogP contribution in [0.2, 0.25) is 0 Å². The first-order chi connectivity index (χ1) is 12.8. The van der Waals surface area contributed by atoms with Crippen molar-refractivity contribution < 1.29 is 33.3 Å². The topological polar surface area (TPSA) is 130 Å². The molecule has 2 aromatic rings. The highest BCUT2D eigenvalue weighted by atomic mass is 16.7. The van der Waals surface area contributed by atoms with E-state index in [0.29, 0.717) is 16.7 Å². The molecule has 2 unspecified atom stereocenters. The molecule has 3 N–H and O–H groups in total. The molecule has 2 rings (SSSR count). The van der Waals surface area contributed by atoms with E-state index in [1.165, 1.54) is 13.2 Å². The number of para-hydroxylation sites is 1. The van der Waals surface area contributed by atoms with E-state index in [-0.39, 0.29) is 6.79 Å². The molecule has 0 aliphatic carbocycles. The van der Waals surface area contributed by atoms with E-state index in [4.69, 9.17) is 29.1 Å². The highest BCUT2D eigenvalue weighted by Gasteiger charge is 2.39. The van der Waals surface area contributed by atoms with Crippen LogP contribution >= 0.6 is 0 Å². The van der Waals surface area contributed by atoms with Crippen molar-refractivity contribution in [2.45, 2.75) is 31.7 Å². The second-order valence-corrected chi connectivity index (χ2v) is 6.25. The Balaban J connectivity index is 2.09. The van der Waals surface area contributed by atoms with Gasteiger partial charge in [-0.15, -0.1) is 0 Å². The van der Waals surface area contributed by atoms with Crippen molar-refractivity contribution in [2.24, 2.45) is 5.73 Å². The molecule has 9 heteroatoms. The van der Waals surface area contributed by atoms with Crippen LogP contribution in [-0.4, -0.2) is 49.5 Å². The Kier molecular flexibility index (Phi) is 6.78. The molecule has 1 heterocycles. The second-order valence-electron chi connectivity index (χ2n) is 6.25. The van der Waals surface area contributed by atoms with Crippen LogP contribution in [-0.2, 0) is 14.2 Å². The highest BCUT2D eigenvalue weighted by Crippen LogP contribution is 2.26. The third-order valence-electron chi connectivity index (χ3n) is 3.98. The number of methoxy groups -OCH3 is 1. The van der Waals surface area contributed by atoms with Crippen molar-refractivity contribution in [2.75, 3.05) is 20.5 Å². The van der Waals surface area contributed by atoms with Crippen LogP contribution in [0.15, 0.2) is 39.5 Å². The van der Waals surface area contributed by atoms with Gasteiger partial charge in [-0.05, 0) is 26.0 Å². The van der Waals surface area contributed by atoms with Gasteiger partial charge in [0.25, 0.3) is 0 Å². The molecule has 0 spiro atoms. The zero-order chi connectivity index (χ0) is 20.0. The van der Waals surface area contributed by atoms with Crippen LogP contribution in [0.5, 0.6) is 5.75 Å². The number of carbonyl (C=O) groups excluding carboxylic acids is 1. The lowest BCUT2D eigenvalue weighted by atomic mass is 9.96. The van der Waals surface area contributed by atoms with Crippen molar-refractivity contribution >= 4 is 17.1 Å². The Morgan fingerprint density at radius 3 is 2.67 bits per heavy atom. The maximum absolute atomic E-state index is 11.4. The Morgan fingerprint density at radius 1 is 1.30 bits per heavy atom. The molecule has 9 nitrogen and oxygen atoms in total. The van der Waals surface area contributed by atoms with E-state index in [1.54, 1.807) is 38.1 Å². The smallest absolute Gasteiger partial charge is 0.404 e. The summed E-state index contributed by atoms with van der Waals surface area (Å²) in [7, 11) is 1.39. The third kappa shape index (κ3) is 5.19. The van der Waals surface area contributed by atoms with Gasteiger partial charge in [-0.25, -0.2) is 9.59 Å². The number of fused-ring (bicyclic) bond motifs is 1. The first kappa shape index (κ1) is 20.7. The fraction of sp³-hybridized carbons (Fsp3) is 0.444. The van der Waals surface area contributed by atoms with Crippen molar-refractivity contribution in [3.05, 3.63) is 40.8 Å². The van der Waals surface area contributed by atoms with Gasteiger partial charge < -0.3 is 34.2 Å². The third-order valence-corrected chi connectivity index (χ3v) is 3.98. The molecule has 148 valence electrons. The molecular formula is C18H23NO8. The molecule has 0 radical (unpaired) electrons. The highest BCUT2D eigenvalue weighted by molar-refractivity contribution is 5.82. The largest absolute Gasteiger partial charge is 0.464 e. The van der Waals surface area contributed by atoms with Crippen LogP contribution in [0.4, 0.5) is 4.79 Å². The number of rotatable bonds is 9. The monoisotopic (exact) mass is 381 g/mol. The Hall–Kier alpha value is -2.62. The van der Waals surface area contributed by atoms with E-state index in [2.05, 4.69) is 0 Å². The molecular weight excluding hydrogens is 358 g/mol. The summed E-state index contributed by atoms with van der Waals surface area (Å²) < 4.78 is 26.7. The van der Waals surface area contributed by atoms with Crippen molar-refractivity contribution in [3.63, 3.8) is 0 Å². The van der Waals surface area contributed by atoms with Crippen LogP contribution in [0.25, 0.3) is 11.0 Å². The average Bonchev–Trinajstić information content (AvgIpc) is 2.61. The number of benzene rings is 1. The summed E-state index contributed by atoms with van der Waals surface area (Å²) in [4.78, 5) is 22.4. The molecule has 0 saturated carbocycles. The van der Waals surface area contributed by atoms with Gasteiger partial charge in [0, 0.05) is 18.6 Å². The van der Waals surface area contributed by atoms with E-state index < -0.39 is 36.1 Å². The van der Waals surface area contributed by atoms with Gasteiger partial charge in [0.2, 0.25) is 0 Å². The van der Waals surface area contributed by atoms with Gasteiger partial charge >= 0.3 is 11.7 Å². The number of aliphatic hydroxyl groups excluding tert-OH is 1. The summed E-state index contributed by atoms with van der Waals surface area (Å²) in [6.45, 7) is 2.66. The number of hydrogen-bond acceptors (Lipinski definition) is 8. The number of amides is 1. The first-order valence-corrected chi connectivity index (χ1v) is 8.18. The number of primary amides is 1. The minimum absolute atomic E-state index is 0.209. The fourth-order valence-electron chi connectivity index (χ4n) is 2.73. The first-order valence-electron chi connectivity index (χ1n) is 8.18. The summed E-state index contributed by atoms with van der Waals surface area (Å²) in [5.74, 6) is 0.335. The molecule has 0 saturated heterocycles. The molecule has 27 heavy (non-hydrogen) atoms. The van der Waals surface area contributed by atoms with Gasteiger partial charge in [-0.3, -0.25) is 0 Å². The molecule has 2 atom stereocenters. The molecule has 1 aromatic heterocycles. The lowest BCUT2D eigenvalue weighted by Crippen LogP contribution is -2.51. The summed E-state index contributed by atoms with van der Waals surface area (Å²) in [5, 5.41) is 10.2. The maximum Gasteiger partial charge on any atom is 0.404 e. The summed E-state index contributed by atoms with van der Waals surface area (Å²) in [5.41, 5.74) is 3.82. The van der Waals surface area contributed by atoms with Crippen LogP contribution in [0.3, 0.4) is 0 Å². The predicted octanol–water partition coefficient (Wildman–Crippen LogP) is 1.40. The number of hydrogen-bond donors (Lipinski definition) is 2. The summed E-state index contributed by atoms with van der Waals surface area (Å²) in [6.07, 6.45) is -2.86. The second kappa shape index (κ2) is 8.85. The minimum atomic E-state index is -1.03. The quantitative estimate of drug-likeness (QED) is 0.492.